The smallest absolute Gasteiger partial charge is 0.119 e. The number of hydrogen-bond acceptors (Lipinski definition) is 3. The third-order valence-corrected chi connectivity index (χ3v) is 5.71. The van der Waals surface area contributed by atoms with E-state index < -0.39 is 0 Å². The maximum Gasteiger partial charge on any atom is 0.119 e. The van der Waals surface area contributed by atoms with Gasteiger partial charge in [-0.25, -0.2) is 0 Å². The Bertz CT molecular complexity index is 528. The Balaban J connectivity index is 1.40. The highest BCUT2D eigenvalue weighted by molar-refractivity contribution is 5.28. The molecule has 0 aromatic heterocycles. The molecule has 4 fully saturated rings. The normalized spacial score (nSPS) is 28.7. The summed E-state index contributed by atoms with van der Waals surface area (Å²) in [5.74, 6) is 2.91. The first-order valence-electron chi connectivity index (χ1n) is 9.48. The topological polar surface area (TPSA) is 15.7 Å². The summed E-state index contributed by atoms with van der Waals surface area (Å²) in [6, 6.07) is 9.46. The van der Waals surface area contributed by atoms with Crippen LogP contribution in [0.4, 0.5) is 0 Å². The van der Waals surface area contributed by atoms with E-state index in [0.717, 1.165) is 36.8 Å². The molecule has 126 valence electrons. The van der Waals surface area contributed by atoms with Crippen LogP contribution in [0.25, 0.3) is 0 Å². The molecule has 3 saturated heterocycles. The minimum atomic E-state index is 0.743. The van der Waals surface area contributed by atoms with Crippen molar-refractivity contribution in [3.63, 3.8) is 0 Å². The molecular formula is C20H30N2O. The standard InChI is InChI=1S/C20H30N2O/c1-2-23-20-5-3-4-17(10-20)11-21-12-18-8-9-19(15-21)22(14-18)13-16-6-7-16/h3-5,10,16,18-19H,2,6-9,11-15H2,1H3/t18-,19+/m0/s1. The van der Waals surface area contributed by atoms with Gasteiger partial charge in [0, 0.05) is 38.8 Å². The van der Waals surface area contributed by atoms with Gasteiger partial charge in [0.15, 0.2) is 0 Å². The Kier molecular flexibility index (Phi) is 4.59. The van der Waals surface area contributed by atoms with Gasteiger partial charge in [-0.15, -0.1) is 0 Å². The van der Waals surface area contributed by atoms with Crippen LogP contribution < -0.4 is 4.74 Å². The SMILES string of the molecule is CCOc1cccc(CN2C[C@@H]3CC[C@H](C2)N(CC2CC2)C3)c1. The van der Waals surface area contributed by atoms with Crippen LogP contribution in [-0.4, -0.2) is 48.6 Å². The van der Waals surface area contributed by atoms with Gasteiger partial charge in [0.25, 0.3) is 0 Å². The van der Waals surface area contributed by atoms with E-state index in [1.807, 2.05) is 6.92 Å². The lowest BCUT2D eigenvalue weighted by Crippen LogP contribution is -2.44. The molecule has 0 unspecified atom stereocenters. The van der Waals surface area contributed by atoms with Crippen LogP contribution in [-0.2, 0) is 6.54 Å². The largest absolute Gasteiger partial charge is 0.494 e. The van der Waals surface area contributed by atoms with E-state index in [-0.39, 0.29) is 0 Å². The summed E-state index contributed by atoms with van der Waals surface area (Å²) in [6.07, 6.45) is 5.79. The van der Waals surface area contributed by atoms with Crippen molar-refractivity contribution in [2.45, 2.75) is 45.2 Å². The minimum Gasteiger partial charge on any atom is -0.494 e. The van der Waals surface area contributed by atoms with Gasteiger partial charge >= 0.3 is 0 Å². The van der Waals surface area contributed by atoms with Gasteiger partial charge in [-0.2, -0.15) is 0 Å². The predicted molar refractivity (Wildman–Crippen MR) is 93.7 cm³/mol. The second-order valence-corrected chi connectivity index (χ2v) is 7.77. The highest BCUT2D eigenvalue weighted by atomic mass is 16.5. The fourth-order valence-corrected chi connectivity index (χ4v) is 4.42. The summed E-state index contributed by atoms with van der Waals surface area (Å²) in [5, 5.41) is 0. The first kappa shape index (κ1) is 15.5. The average molecular weight is 314 g/mol. The Hall–Kier alpha value is -1.06. The number of rotatable bonds is 6. The summed E-state index contributed by atoms with van der Waals surface area (Å²) in [6.45, 7) is 9.11. The van der Waals surface area contributed by atoms with Gasteiger partial charge in [0.05, 0.1) is 6.61 Å². The highest BCUT2D eigenvalue weighted by Gasteiger charge is 2.37. The van der Waals surface area contributed by atoms with E-state index in [0.29, 0.717) is 0 Å². The van der Waals surface area contributed by atoms with Crippen molar-refractivity contribution in [3.05, 3.63) is 29.8 Å². The molecule has 0 spiro atoms. The fraction of sp³-hybridized carbons (Fsp3) is 0.700. The number of benzene rings is 1. The van der Waals surface area contributed by atoms with Crippen molar-refractivity contribution in [2.24, 2.45) is 11.8 Å². The van der Waals surface area contributed by atoms with Gasteiger partial charge < -0.3 is 4.74 Å². The van der Waals surface area contributed by atoms with E-state index >= 15 is 0 Å². The summed E-state index contributed by atoms with van der Waals surface area (Å²) < 4.78 is 5.66. The molecule has 0 N–H and O–H groups in total. The van der Waals surface area contributed by atoms with Crippen molar-refractivity contribution in [1.82, 2.24) is 9.80 Å². The van der Waals surface area contributed by atoms with Gasteiger partial charge in [-0.05, 0) is 62.1 Å². The predicted octanol–water partition coefficient (Wildman–Crippen LogP) is 3.39. The molecule has 0 radical (unpaired) electrons. The number of nitrogens with zero attached hydrogens (tertiary/aromatic N) is 2. The Labute approximate surface area is 140 Å². The summed E-state index contributed by atoms with van der Waals surface area (Å²) >= 11 is 0. The zero-order valence-electron chi connectivity index (χ0n) is 14.4. The van der Waals surface area contributed by atoms with Gasteiger partial charge in [0.1, 0.15) is 5.75 Å². The molecule has 23 heavy (non-hydrogen) atoms. The van der Waals surface area contributed by atoms with E-state index in [1.54, 1.807) is 0 Å². The molecule has 3 aliphatic heterocycles. The Morgan fingerprint density at radius 1 is 1.09 bits per heavy atom. The van der Waals surface area contributed by atoms with Crippen molar-refractivity contribution < 1.29 is 4.74 Å². The van der Waals surface area contributed by atoms with Gasteiger partial charge in [-0.3, -0.25) is 9.80 Å². The number of piperidine rings is 1. The zero-order valence-corrected chi connectivity index (χ0v) is 14.4. The lowest BCUT2D eigenvalue weighted by atomic mass is 9.95. The molecule has 3 nitrogen and oxygen atoms in total. The number of ether oxygens (including phenoxy) is 1. The van der Waals surface area contributed by atoms with Crippen LogP contribution in [0.3, 0.4) is 0 Å². The van der Waals surface area contributed by atoms with Crippen LogP contribution in [0.2, 0.25) is 0 Å². The Morgan fingerprint density at radius 3 is 2.83 bits per heavy atom. The third-order valence-electron chi connectivity index (χ3n) is 5.71. The van der Waals surface area contributed by atoms with Crippen molar-refractivity contribution in [3.8, 4) is 5.75 Å². The number of hydrogen-bond donors (Lipinski definition) is 0. The summed E-state index contributed by atoms with van der Waals surface area (Å²) in [5.41, 5.74) is 1.39. The molecule has 0 amide bonds. The van der Waals surface area contributed by atoms with Crippen LogP contribution >= 0.6 is 0 Å². The first-order valence-corrected chi connectivity index (χ1v) is 9.48. The monoisotopic (exact) mass is 314 g/mol. The molecule has 2 atom stereocenters. The van der Waals surface area contributed by atoms with Crippen molar-refractivity contribution in [2.75, 3.05) is 32.8 Å². The first-order chi connectivity index (χ1) is 11.3. The maximum absolute atomic E-state index is 5.66. The van der Waals surface area contributed by atoms with E-state index in [1.165, 1.54) is 57.4 Å². The Morgan fingerprint density at radius 2 is 2.00 bits per heavy atom. The van der Waals surface area contributed by atoms with E-state index in [9.17, 15) is 0 Å². The van der Waals surface area contributed by atoms with E-state index in [2.05, 4.69) is 34.1 Å². The molecular weight excluding hydrogens is 284 g/mol. The van der Waals surface area contributed by atoms with E-state index in [4.69, 9.17) is 4.74 Å². The summed E-state index contributed by atoms with van der Waals surface area (Å²) in [4.78, 5) is 5.52. The molecule has 4 aliphatic rings. The van der Waals surface area contributed by atoms with Crippen molar-refractivity contribution in [1.29, 1.82) is 0 Å². The molecule has 1 aromatic rings. The molecule has 5 rings (SSSR count). The van der Waals surface area contributed by atoms with Crippen LogP contribution in [0.15, 0.2) is 24.3 Å². The van der Waals surface area contributed by atoms with Crippen LogP contribution in [0.1, 0.15) is 38.2 Å². The summed E-state index contributed by atoms with van der Waals surface area (Å²) in [7, 11) is 0. The second-order valence-electron chi connectivity index (χ2n) is 7.77. The fourth-order valence-electron chi connectivity index (χ4n) is 4.42. The average Bonchev–Trinajstić information content (AvgIpc) is 3.36. The number of fused-ring (bicyclic) bond motifs is 4. The second kappa shape index (κ2) is 6.82. The highest BCUT2D eigenvalue weighted by Crippen LogP contribution is 2.35. The molecule has 1 aliphatic carbocycles. The molecule has 2 bridgehead atoms. The third kappa shape index (κ3) is 3.89. The van der Waals surface area contributed by atoms with Gasteiger partial charge in [-0.1, -0.05) is 12.1 Å². The van der Waals surface area contributed by atoms with Crippen LogP contribution in [0.5, 0.6) is 5.75 Å². The molecule has 3 heterocycles. The minimum absolute atomic E-state index is 0.743. The molecule has 3 heteroatoms. The maximum atomic E-state index is 5.66. The molecule has 1 saturated carbocycles. The lowest BCUT2D eigenvalue weighted by molar-refractivity contribution is 0.125. The lowest BCUT2D eigenvalue weighted by Gasteiger charge is -2.36. The van der Waals surface area contributed by atoms with Crippen LogP contribution in [0, 0.1) is 11.8 Å². The van der Waals surface area contributed by atoms with Crippen molar-refractivity contribution >= 4 is 0 Å². The molecule has 1 aromatic carbocycles. The van der Waals surface area contributed by atoms with Gasteiger partial charge in [0.2, 0.25) is 0 Å². The quantitative estimate of drug-likeness (QED) is 0.800. The zero-order chi connectivity index (χ0) is 15.6.